The number of amides is 2. The molecular formula is C17H22N3O7S-. The van der Waals surface area contributed by atoms with Crippen LogP contribution < -0.4 is 9.46 Å². The number of benzene rings is 1. The Morgan fingerprint density at radius 2 is 1.96 bits per heavy atom. The van der Waals surface area contributed by atoms with E-state index in [1.165, 1.54) is 25.3 Å². The minimum absolute atomic E-state index is 0.199. The quantitative estimate of drug-likeness (QED) is 0.703. The Kier molecular flexibility index (Phi) is 6.70. The molecule has 2 fully saturated rings. The fourth-order valence-corrected chi connectivity index (χ4v) is 3.44. The van der Waals surface area contributed by atoms with Gasteiger partial charge in [-0.2, -0.15) is 0 Å². The van der Waals surface area contributed by atoms with Crippen molar-refractivity contribution < 1.29 is 32.6 Å². The maximum absolute atomic E-state index is 12.7. The number of carbonyl (C=O) groups is 2. The number of hydrogen-bond donors (Lipinski definition) is 1. The number of nitrogens with one attached hydrogen (secondary N) is 1. The fraction of sp³-hybridized carbons (Fsp3) is 0.529. The topological polar surface area (TPSA) is 120 Å². The molecule has 3 rings (SSSR count). The molecule has 10 nitrogen and oxygen atoms in total. The minimum Gasteiger partial charge on any atom is -0.755 e. The van der Waals surface area contributed by atoms with Crippen LogP contribution in [0.5, 0.6) is 5.75 Å². The first kappa shape index (κ1) is 20.4. The van der Waals surface area contributed by atoms with Gasteiger partial charge in [0.1, 0.15) is 11.9 Å². The van der Waals surface area contributed by atoms with Crippen molar-refractivity contribution in [1.29, 1.82) is 0 Å². The van der Waals surface area contributed by atoms with Gasteiger partial charge in [-0.05, 0) is 18.2 Å². The lowest BCUT2D eigenvalue weighted by Gasteiger charge is -2.34. The van der Waals surface area contributed by atoms with Gasteiger partial charge in [0.2, 0.25) is 0 Å². The average Bonchev–Trinajstić information content (AvgIpc) is 3.20. The number of ether oxygens (including phenoxy) is 3. The third-order valence-electron chi connectivity index (χ3n) is 4.62. The van der Waals surface area contributed by atoms with Crippen molar-refractivity contribution in [2.24, 2.45) is 0 Å². The van der Waals surface area contributed by atoms with Gasteiger partial charge in [-0.25, -0.2) is 4.79 Å². The molecule has 1 N–H and O–H groups in total. The van der Waals surface area contributed by atoms with Gasteiger partial charge in [-0.1, -0.05) is 0 Å². The third-order valence-corrected chi connectivity index (χ3v) is 5.01. The first-order chi connectivity index (χ1) is 13.5. The van der Waals surface area contributed by atoms with E-state index in [4.69, 9.17) is 14.2 Å². The van der Waals surface area contributed by atoms with Crippen LogP contribution in [0.15, 0.2) is 18.2 Å². The maximum Gasteiger partial charge on any atom is 0.410 e. The van der Waals surface area contributed by atoms with Gasteiger partial charge in [-0.15, -0.1) is 0 Å². The Balaban J connectivity index is 1.57. The fourth-order valence-electron chi connectivity index (χ4n) is 3.10. The summed E-state index contributed by atoms with van der Waals surface area (Å²) in [5.74, 6) is 0.0290. The van der Waals surface area contributed by atoms with Crippen LogP contribution in [0.1, 0.15) is 16.8 Å². The molecule has 0 aliphatic carbocycles. The Morgan fingerprint density at radius 3 is 2.57 bits per heavy atom. The number of anilines is 1. The smallest absolute Gasteiger partial charge is 0.410 e. The second-order valence-corrected chi connectivity index (χ2v) is 7.07. The highest BCUT2D eigenvalue weighted by Gasteiger charge is 2.28. The van der Waals surface area contributed by atoms with Crippen LogP contribution in [-0.4, -0.2) is 83.2 Å². The zero-order valence-electron chi connectivity index (χ0n) is 15.4. The van der Waals surface area contributed by atoms with Crippen molar-refractivity contribution in [2.75, 3.05) is 51.2 Å². The van der Waals surface area contributed by atoms with E-state index in [0.717, 1.165) is 0 Å². The first-order valence-electron chi connectivity index (χ1n) is 8.84. The van der Waals surface area contributed by atoms with E-state index in [-0.39, 0.29) is 29.5 Å². The molecule has 2 heterocycles. The lowest BCUT2D eigenvalue weighted by Crippen LogP contribution is -2.51. The number of carbonyl (C=O) groups excluding carboxylic acids is 2. The summed E-state index contributed by atoms with van der Waals surface area (Å²) in [6.07, 6.45) is 0.122. The molecule has 2 amide bonds. The first-order valence-corrected chi connectivity index (χ1v) is 9.92. The molecule has 11 heteroatoms. The molecule has 0 radical (unpaired) electrons. The Hall–Kier alpha value is -2.37. The summed E-state index contributed by atoms with van der Waals surface area (Å²) in [5.41, 5.74) is 0.619. The molecule has 154 valence electrons. The van der Waals surface area contributed by atoms with E-state index in [0.29, 0.717) is 51.4 Å². The lowest BCUT2D eigenvalue weighted by molar-refractivity contribution is 0.0370. The van der Waals surface area contributed by atoms with E-state index in [1.807, 2.05) is 0 Å². The Morgan fingerprint density at radius 1 is 1.25 bits per heavy atom. The van der Waals surface area contributed by atoms with Gasteiger partial charge in [0.05, 0.1) is 26.0 Å². The van der Waals surface area contributed by atoms with E-state index in [9.17, 15) is 18.4 Å². The summed E-state index contributed by atoms with van der Waals surface area (Å²) >= 11 is -2.49. The van der Waals surface area contributed by atoms with E-state index < -0.39 is 11.3 Å². The largest absolute Gasteiger partial charge is 0.755 e. The zero-order chi connectivity index (χ0) is 20.1. The van der Waals surface area contributed by atoms with Crippen LogP contribution in [0.4, 0.5) is 10.5 Å². The summed E-state index contributed by atoms with van der Waals surface area (Å²) in [5, 5.41) is 0. The summed E-state index contributed by atoms with van der Waals surface area (Å²) in [6.45, 7) is 2.54. The van der Waals surface area contributed by atoms with Crippen molar-refractivity contribution in [2.45, 2.75) is 12.5 Å². The van der Waals surface area contributed by atoms with Gasteiger partial charge in [0.25, 0.3) is 5.91 Å². The normalized spacial score (nSPS) is 20.6. The number of rotatable bonds is 5. The van der Waals surface area contributed by atoms with Crippen molar-refractivity contribution in [3.8, 4) is 5.75 Å². The average molecular weight is 412 g/mol. The molecule has 2 atom stereocenters. The van der Waals surface area contributed by atoms with Crippen molar-refractivity contribution in [3.63, 3.8) is 0 Å². The van der Waals surface area contributed by atoms with Crippen LogP contribution in [0.2, 0.25) is 0 Å². The summed E-state index contributed by atoms with van der Waals surface area (Å²) < 4.78 is 39.6. The van der Waals surface area contributed by atoms with Crippen LogP contribution in [0, 0.1) is 0 Å². The van der Waals surface area contributed by atoms with Crippen LogP contribution in [-0.2, 0) is 20.7 Å². The molecule has 0 saturated carbocycles. The highest BCUT2D eigenvalue weighted by Crippen LogP contribution is 2.26. The standard InChI is InChI=1S/C17H23N3O7S/c1-25-15-10-12(2-3-14(15)18-28(23)24)16(21)19-5-7-20(8-6-19)17(22)27-13-4-9-26-11-13/h2-3,10,13,18H,4-9,11H2,1H3,(H,23,24)/p-1. The molecule has 2 unspecified atom stereocenters. The predicted octanol–water partition coefficient (Wildman–Crippen LogP) is 0.585. The molecule has 0 aromatic heterocycles. The molecule has 1 aromatic rings. The van der Waals surface area contributed by atoms with Crippen LogP contribution in [0.25, 0.3) is 0 Å². The molecule has 0 bridgehead atoms. The number of methoxy groups -OCH3 is 1. The van der Waals surface area contributed by atoms with Gasteiger partial charge in [-0.3, -0.25) is 9.00 Å². The highest BCUT2D eigenvalue weighted by atomic mass is 32.2. The lowest BCUT2D eigenvalue weighted by atomic mass is 10.1. The molecule has 2 aliphatic heterocycles. The van der Waals surface area contributed by atoms with E-state index >= 15 is 0 Å². The number of hydrogen-bond acceptors (Lipinski definition) is 7. The van der Waals surface area contributed by atoms with E-state index in [1.54, 1.807) is 9.80 Å². The van der Waals surface area contributed by atoms with Crippen LogP contribution in [0.3, 0.4) is 0 Å². The summed E-state index contributed by atoms with van der Waals surface area (Å²) in [6, 6.07) is 4.48. The molecule has 2 aliphatic rings. The zero-order valence-corrected chi connectivity index (χ0v) is 16.2. The van der Waals surface area contributed by atoms with Crippen molar-refractivity contribution in [3.05, 3.63) is 23.8 Å². The third kappa shape index (κ3) is 4.91. The SMILES string of the molecule is COc1cc(C(=O)N2CCN(C(=O)OC3CCOC3)CC2)ccc1NS(=O)[O-]. The molecular weight excluding hydrogens is 390 g/mol. The molecule has 28 heavy (non-hydrogen) atoms. The molecule has 1 aromatic carbocycles. The van der Waals surface area contributed by atoms with E-state index in [2.05, 4.69) is 4.72 Å². The van der Waals surface area contributed by atoms with Gasteiger partial charge in [0.15, 0.2) is 0 Å². The monoisotopic (exact) mass is 412 g/mol. The highest BCUT2D eigenvalue weighted by molar-refractivity contribution is 7.80. The number of nitrogens with zero attached hydrogens (tertiary/aromatic N) is 2. The van der Waals surface area contributed by atoms with Crippen molar-refractivity contribution >= 4 is 29.0 Å². The second-order valence-electron chi connectivity index (χ2n) is 6.40. The van der Waals surface area contributed by atoms with Gasteiger partial charge in [0, 0.05) is 49.4 Å². The van der Waals surface area contributed by atoms with Gasteiger partial charge >= 0.3 is 6.09 Å². The summed E-state index contributed by atoms with van der Waals surface area (Å²) in [7, 11) is 1.39. The Bertz CT molecular complexity index is 746. The Labute approximate surface area is 165 Å². The van der Waals surface area contributed by atoms with Gasteiger partial charge < -0.3 is 33.3 Å². The maximum atomic E-state index is 12.7. The molecule has 0 spiro atoms. The predicted molar refractivity (Wildman–Crippen MR) is 98.7 cm³/mol. The van der Waals surface area contributed by atoms with Crippen LogP contribution >= 0.6 is 0 Å². The molecule has 2 saturated heterocycles. The second kappa shape index (κ2) is 9.22. The van der Waals surface area contributed by atoms with Crippen molar-refractivity contribution in [1.82, 2.24) is 9.80 Å². The summed E-state index contributed by atoms with van der Waals surface area (Å²) in [4.78, 5) is 28.1. The minimum atomic E-state index is -2.49. The number of piperazine rings is 1.